The van der Waals surface area contributed by atoms with Crippen LogP contribution in [0, 0.1) is 0 Å². The molecule has 92 valence electrons. The number of methoxy groups -OCH3 is 1. The first kappa shape index (κ1) is 10.7. The number of nitrogens with two attached hydrogens (primary N) is 1. The minimum Gasteiger partial charge on any atom is -0.492 e. The summed E-state index contributed by atoms with van der Waals surface area (Å²) >= 11 is 0. The van der Waals surface area contributed by atoms with Gasteiger partial charge >= 0.3 is 0 Å². The Morgan fingerprint density at radius 3 is 2.88 bits per heavy atom. The van der Waals surface area contributed by atoms with Gasteiger partial charge in [-0.2, -0.15) is 0 Å². The quantitative estimate of drug-likeness (QED) is 0.865. The summed E-state index contributed by atoms with van der Waals surface area (Å²) in [6.45, 7) is 0.274. The minimum absolute atomic E-state index is 0.0708. The van der Waals surface area contributed by atoms with Gasteiger partial charge in [0.05, 0.1) is 7.11 Å². The molecule has 0 unspecified atom stereocenters. The average Bonchev–Trinajstić information content (AvgIpc) is 2.90. The van der Waals surface area contributed by atoms with Gasteiger partial charge in [-0.3, -0.25) is 0 Å². The molecule has 1 heterocycles. The van der Waals surface area contributed by atoms with Gasteiger partial charge in [0.1, 0.15) is 0 Å². The maximum Gasteiger partial charge on any atom is 0.231 e. The second-order valence-electron chi connectivity index (χ2n) is 4.85. The normalized spacial score (nSPS) is 19.2. The smallest absolute Gasteiger partial charge is 0.231 e. The lowest BCUT2D eigenvalue weighted by Crippen LogP contribution is -2.22. The van der Waals surface area contributed by atoms with Gasteiger partial charge < -0.3 is 19.9 Å². The number of rotatable bonds is 4. The van der Waals surface area contributed by atoms with Crippen LogP contribution in [-0.2, 0) is 6.42 Å². The predicted molar refractivity (Wildman–Crippen MR) is 63.6 cm³/mol. The zero-order chi connectivity index (χ0) is 11.9. The molecular weight excluding hydrogens is 218 g/mol. The molecule has 0 saturated heterocycles. The van der Waals surface area contributed by atoms with E-state index in [0.29, 0.717) is 0 Å². The van der Waals surface area contributed by atoms with Crippen LogP contribution in [0.4, 0.5) is 0 Å². The van der Waals surface area contributed by atoms with Gasteiger partial charge in [-0.15, -0.1) is 0 Å². The Morgan fingerprint density at radius 1 is 1.35 bits per heavy atom. The van der Waals surface area contributed by atoms with Gasteiger partial charge in [0.25, 0.3) is 0 Å². The van der Waals surface area contributed by atoms with Gasteiger partial charge in [0.15, 0.2) is 11.5 Å². The van der Waals surface area contributed by atoms with Crippen molar-refractivity contribution in [3.8, 4) is 17.2 Å². The molecule has 0 atom stereocenters. The Kier molecular flexibility index (Phi) is 2.40. The fourth-order valence-electron chi connectivity index (χ4n) is 2.20. The van der Waals surface area contributed by atoms with E-state index in [4.69, 9.17) is 19.9 Å². The van der Waals surface area contributed by atoms with Crippen LogP contribution < -0.4 is 19.9 Å². The van der Waals surface area contributed by atoms with Gasteiger partial charge in [-0.25, -0.2) is 0 Å². The monoisotopic (exact) mass is 235 g/mol. The van der Waals surface area contributed by atoms with Crippen molar-refractivity contribution in [2.75, 3.05) is 13.9 Å². The summed E-state index contributed by atoms with van der Waals surface area (Å²) in [6.07, 6.45) is 4.21. The van der Waals surface area contributed by atoms with Crippen molar-refractivity contribution in [3.05, 3.63) is 17.7 Å². The first-order valence-corrected chi connectivity index (χ1v) is 5.96. The van der Waals surface area contributed by atoms with Gasteiger partial charge in [0, 0.05) is 5.54 Å². The molecule has 1 aromatic carbocycles. The highest BCUT2D eigenvalue weighted by Gasteiger charge is 2.37. The summed E-state index contributed by atoms with van der Waals surface area (Å²) in [4.78, 5) is 0. The van der Waals surface area contributed by atoms with Crippen LogP contribution in [0.1, 0.15) is 24.8 Å². The molecule has 0 amide bonds. The predicted octanol–water partition coefficient (Wildman–Crippen LogP) is 1.85. The van der Waals surface area contributed by atoms with Crippen molar-refractivity contribution in [3.63, 3.8) is 0 Å². The molecule has 0 spiro atoms. The summed E-state index contributed by atoms with van der Waals surface area (Å²) in [7, 11) is 1.66. The zero-order valence-corrected chi connectivity index (χ0v) is 9.99. The Labute approximate surface area is 101 Å². The van der Waals surface area contributed by atoms with Crippen molar-refractivity contribution < 1.29 is 14.2 Å². The molecule has 1 fully saturated rings. The van der Waals surface area contributed by atoms with Gasteiger partial charge in [-0.05, 0) is 37.3 Å². The summed E-state index contributed by atoms with van der Waals surface area (Å²) < 4.78 is 16.2. The largest absolute Gasteiger partial charge is 0.492 e. The maximum absolute atomic E-state index is 6.10. The van der Waals surface area contributed by atoms with E-state index >= 15 is 0 Å². The van der Waals surface area contributed by atoms with Crippen molar-refractivity contribution >= 4 is 0 Å². The van der Waals surface area contributed by atoms with E-state index in [2.05, 4.69) is 0 Å². The Bertz CT molecular complexity index is 441. The number of aryl methyl sites for hydroxylation is 1. The highest BCUT2D eigenvalue weighted by Crippen LogP contribution is 2.44. The molecule has 1 aromatic rings. The molecule has 0 aromatic heterocycles. The molecule has 0 bridgehead atoms. The third kappa shape index (κ3) is 1.93. The summed E-state index contributed by atoms with van der Waals surface area (Å²) in [6, 6.07) is 3.98. The van der Waals surface area contributed by atoms with Crippen LogP contribution in [0.3, 0.4) is 0 Å². The number of benzene rings is 1. The average molecular weight is 235 g/mol. The molecule has 1 aliphatic carbocycles. The van der Waals surface area contributed by atoms with E-state index in [9.17, 15) is 0 Å². The van der Waals surface area contributed by atoms with Crippen LogP contribution >= 0.6 is 0 Å². The second-order valence-corrected chi connectivity index (χ2v) is 4.85. The highest BCUT2D eigenvalue weighted by atomic mass is 16.7. The molecule has 1 saturated carbocycles. The molecule has 4 heteroatoms. The minimum atomic E-state index is 0.0708. The molecule has 3 rings (SSSR count). The number of ether oxygens (including phenoxy) is 3. The van der Waals surface area contributed by atoms with Crippen LogP contribution in [0.15, 0.2) is 12.1 Å². The van der Waals surface area contributed by atoms with E-state index in [1.807, 2.05) is 12.1 Å². The van der Waals surface area contributed by atoms with E-state index in [0.717, 1.165) is 48.5 Å². The summed E-state index contributed by atoms with van der Waals surface area (Å²) in [5.74, 6) is 2.29. The van der Waals surface area contributed by atoms with Gasteiger partial charge in [0.2, 0.25) is 12.5 Å². The van der Waals surface area contributed by atoms with Crippen LogP contribution in [0.2, 0.25) is 0 Å². The maximum atomic E-state index is 6.10. The Balaban J connectivity index is 1.83. The number of hydrogen-bond acceptors (Lipinski definition) is 4. The lowest BCUT2D eigenvalue weighted by molar-refractivity contribution is 0.171. The molecule has 1 aliphatic heterocycles. The van der Waals surface area contributed by atoms with Crippen LogP contribution in [0.5, 0.6) is 17.2 Å². The second kappa shape index (κ2) is 3.81. The zero-order valence-electron chi connectivity index (χ0n) is 9.99. The molecule has 0 radical (unpaired) electrons. The van der Waals surface area contributed by atoms with Crippen LogP contribution in [-0.4, -0.2) is 19.4 Å². The molecule has 4 nitrogen and oxygen atoms in total. The van der Waals surface area contributed by atoms with E-state index < -0.39 is 0 Å². The Morgan fingerprint density at radius 2 is 2.18 bits per heavy atom. The lowest BCUT2D eigenvalue weighted by Gasteiger charge is -2.13. The molecule has 17 heavy (non-hydrogen) atoms. The third-order valence-electron chi connectivity index (χ3n) is 3.56. The van der Waals surface area contributed by atoms with E-state index in [1.54, 1.807) is 7.11 Å². The summed E-state index contributed by atoms with van der Waals surface area (Å²) in [5, 5.41) is 0. The molecular formula is C13H17NO3. The Hall–Kier alpha value is -1.42. The first-order valence-electron chi connectivity index (χ1n) is 5.96. The highest BCUT2D eigenvalue weighted by molar-refractivity contribution is 5.57. The van der Waals surface area contributed by atoms with Crippen molar-refractivity contribution in [1.29, 1.82) is 0 Å². The SMILES string of the molecule is COc1c(CCC2(N)CC2)ccc2c1OCO2. The van der Waals surface area contributed by atoms with Crippen molar-refractivity contribution in [2.24, 2.45) is 5.73 Å². The molecule has 2 aliphatic rings. The third-order valence-corrected chi connectivity index (χ3v) is 3.56. The van der Waals surface area contributed by atoms with Crippen molar-refractivity contribution in [1.82, 2.24) is 0 Å². The number of hydrogen-bond donors (Lipinski definition) is 1. The fraction of sp³-hybridized carbons (Fsp3) is 0.538. The van der Waals surface area contributed by atoms with E-state index in [1.165, 1.54) is 0 Å². The molecule has 2 N–H and O–H groups in total. The van der Waals surface area contributed by atoms with Crippen LogP contribution in [0.25, 0.3) is 0 Å². The topological polar surface area (TPSA) is 53.7 Å². The van der Waals surface area contributed by atoms with Gasteiger partial charge in [-0.1, -0.05) is 6.07 Å². The first-order chi connectivity index (χ1) is 8.22. The van der Waals surface area contributed by atoms with E-state index in [-0.39, 0.29) is 12.3 Å². The number of fused-ring (bicyclic) bond motifs is 1. The fourth-order valence-corrected chi connectivity index (χ4v) is 2.20. The summed E-state index contributed by atoms with van der Waals surface area (Å²) in [5.41, 5.74) is 7.32. The lowest BCUT2D eigenvalue weighted by atomic mass is 10.0. The standard InChI is InChI=1S/C13H17NO3/c1-15-11-9(4-5-13(14)6-7-13)2-3-10-12(11)17-8-16-10/h2-3H,4-8,14H2,1H3. The van der Waals surface area contributed by atoms with Crippen molar-refractivity contribution in [2.45, 2.75) is 31.2 Å².